The second kappa shape index (κ2) is 5.42. The van der Waals surface area contributed by atoms with Crippen LogP contribution in [0.2, 0.25) is 0 Å². The monoisotopic (exact) mass is 296 g/mol. The number of nitrogens with one attached hydrogen (secondary N) is 1. The van der Waals surface area contributed by atoms with Gasteiger partial charge in [0, 0.05) is 31.6 Å². The van der Waals surface area contributed by atoms with Gasteiger partial charge in [-0.15, -0.1) is 5.10 Å². The highest BCUT2D eigenvalue weighted by Gasteiger charge is 2.18. The van der Waals surface area contributed by atoms with E-state index in [4.69, 9.17) is 5.10 Å². The summed E-state index contributed by atoms with van der Waals surface area (Å²) in [7, 11) is 0. The molecule has 22 heavy (non-hydrogen) atoms. The average molecular weight is 296 g/mol. The van der Waals surface area contributed by atoms with Crippen molar-refractivity contribution in [1.29, 1.82) is 0 Å². The van der Waals surface area contributed by atoms with Crippen LogP contribution in [0.1, 0.15) is 0 Å². The quantitative estimate of drug-likeness (QED) is 0.789. The summed E-state index contributed by atoms with van der Waals surface area (Å²) in [5, 5.41) is 9.30. The van der Waals surface area contributed by atoms with Crippen LogP contribution in [0.4, 0.5) is 10.2 Å². The van der Waals surface area contributed by atoms with E-state index in [0.717, 1.165) is 48.6 Å². The number of piperazine rings is 1. The van der Waals surface area contributed by atoms with Crippen molar-refractivity contribution in [1.82, 2.24) is 15.1 Å². The van der Waals surface area contributed by atoms with Gasteiger partial charge in [0.25, 0.3) is 0 Å². The van der Waals surface area contributed by atoms with Gasteiger partial charge in [0.2, 0.25) is 0 Å². The van der Waals surface area contributed by atoms with Crippen LogP contribution in [0.25, 0.3) is 16.6 Å². The fraction of sp³-hybridized carbons (Fsp3) is 0.235. The van der Waals surface area contributed by atoms with Crippen molar-refractivity contribution in [3.05, 3.63) is 54.3 Å². The van der Waals surface area contributed by atoms with Crippen molar-refractivity contribution in [3.63, 3.8) is 0 Å². The zero-order valence-electron chi connectivity index (χ0n) is 12.2. The minimum Gasteiger partial charge on any atom is -0.352 e. The first-order chi connectivity index (χ1) is 10.8. The lowest BCUT2D eigenvalue weighted by molar-refractivity contribution is 0.584. The van der Waals surface area contributed by atoms with Gasteiger partial charge >= 0.3 is 0 Å². The molecule has 1 aliphatic rings. The number of aromatic nitrogens is 2. The van der Waals surface area contributed by atoms with Gasteiger partial charge in [-0.1, -0.05) is 12.1 Å². The Morgan fingerprint density at radius 2 is 1.68 bits per heavy atom. The normalized spacial score (nSPS) is 15.4. The van der Waals surface area contributed by atoms with E-state index in [1.807, 2.05) is 16.8 Å². The van der Waals surface area contributed by atoms with Crippen LogP contribution in [0, 0.1) is 5.82 Å². The van der Waals surface area contributed by atoms with Gasteiger partial charge in [-0.2, -0.15) is 0 Å². The van der Waals surface area contributed by atoms with E-state index in [2.05, 4.69) is 22.3 Å². The van der Waals surface area contributed by atoms with Crippen LogP contribution >= 0.6 is 0 Å². The van der Waals surface area contributed by atoms with Crippen LogP contribution < -0.4 is 10.2 Å². The van der Waals surface area contributed by atoms with Crippen molar-refractivity contribution in [3.8, 4) is 5.69 Å². The van der Waals surface area contributed by atoms with Gasteiger partial charge in [0.1, 0.15) is 5.82 Å². The van der Waals surface area contributed by atoms with Crippen LogP contribution in [-0.2, 0) is 0 Å². The fourth-order valence-electron chi connectivity index (χ4n) is 2.94. The molecule has 1 aromatic heterocycles. The average Bonchev–Trinajstić information content (AvgIpc) is 2.96. The second-order valence-corrected chi connectivity index (χ2v) is 5.47. The molecule has 0 aliphatic carbocycles. The molecule has 0 bridgehead atoms. The maximum absolute atomic E-state index is 13.2. The Kier molecular flexibility index (Phi) is 3.27. The van der Waals surface area contributed by atoms with E-state index < -0.39 is 0 Å². The summed E-state index contributed by atoms with van der Waals surface area (Å²) in [4.78, 5) is 2.30. The maximum Gasteiger partial charge on any atom is 0.159 e. The van der Waals surface area contributed by atoms with Crippen molar-refractivity contribution in [2.45, 2.75) is 0 Å². The van der Waals surface area contributed by atoms with Gasteiger partial charge in [-0.3, -0.25) is 0 Å². The predicted molar refractivity (Wildman–Crippen MR) is 86.1 cm³/mol. The molecule has 1 saturated heterocycles. The highest BCUT2D eigenvalue weighted by molar-refractivity contribution is 5.91. The van der Waals surface area contributed by atoms with Gasteiger partial charge in [0.05, 0.1) is 11.2 Å². The molecule has 0 amide bonds. The number of fused-ring (bicyclic) bond motifs is 1. The molecule has 3 aromatic rings. The Balaban J connectivity index is 1.86. The zero-order valence-corrected chi connectivity index (χ0v) is 12.2. The minimum atomic E-state index is -0.234. The molecule has 4 nitrogen and oxygen atoms in total. The third kappa shape index (κ3) is 2.23. The lowest BCUT2D eigenvalue weighted by atomic mass is 10.2. The van der Waals surface area contributed by atoms with Gasteiger partial charge in [-0.05, 0) is 36.4 Å². The smallest absolute Gasteiger partial charge is 0.159 e. The van der Waals surface area contributed by atoms with Gasteiger partial charge < -0.3 is 10.2 Å². The predicted octanol–water partition coefficient (Wildman–Crippen LogP) is 2.57. The Morgan fingerprint density at radius 3 is 2.45 bits per heavy atom. The lowest BCUT2D eigenvalue weighted by Gasteiger charge is -2.27. The number of halogens is 1. The van der Waals surface area contributed by atoms with Crippen molar-refractivity contribution >= 4 is 16.7 Å². The molecular formula is C17H17FN4. The number of rotatable bonds is 2. The summed E-state index contributed by atoms with van der Waals surface area (Å²) in [6.45, 7) is 3.84. The molecular weight excluding hydrogens is 279 g/mol. The first kappa shape index (κ1) is 13.3. The standard InChI is InChI=1S/C17H17FN4/c18-13-5-7-14(8-6-13)22-16-4-2-1-3-15(16)17(20-22)21-11-9-19-10-12-21/h1-8,19H,9-12H2. The Hall–Kier alpha value is -2.40. The molecule has 2 heterocycles. The number of para-hydroxylation sites is 1. The summed E-state index contributed by atoms with van der Waals surface area (Å²) >= 11 is 0. The molecule has 4 rings (SSSR count). The number of benzene rings is 2. The zero-order chi connectivity index (χ0) is 14.9. The fourth-order valence-corrected chi connectivity index (χ4v) is 2.94. The molecule has 0 saturated carbocycles. The maximum atomic E-state index is 13.2. The summed E-state index contributed by atoms with van der Waals surface area (Å²) < 4.78 is 15.1. The number of nitrogens with zero attached hydrogens (tertiary/aromatic N) is 3. The first-order valence-corrected chi connectivity index (χ1v) is 7.52. The number of hydrogen-bond acceptors (Lipinski definition) is 3. The molecule has 112 valence electrons. The van der Waals surface area contributed by atoms with E-state index in [-0.39, 0.29) is 5.82 Å². The summed E-state index contributed by atoms with van der Waals surface area (Å²) in [5.41, 5.74) is 1.92. The lowest BCUT2D eigenvalue weighted by Crippen LogP contribution is -2.43. The third-order valence-electron chi connectivity index (χ3n) is 4.06. The third-order valence-corrected chi connectivity index (χ3v) is 4.06. The van der Waals surface area contributed by atoms with E-state index in [9.17, 15) is 4.39 Å². The Labute approximate surface area is 128 Å². The first-order valence-electron chi connectivity index (χ1n) is 7.52. The van der Waals surface area contributed by atoms with E-state index in [0.29, 0.717) is 0 Å². The molecule has 0 atom stereocenters. The second-order valence-electron chi connectivity index (χ2n) is 5.47. The Morgan fingerprint density at radius 1 is 0.955 bits per heavy atom. The van der Waals surface area contributed by atoms with E-state index >= 15 is 0 Å². The van der Waals surface area contributed by atoms with Crippen molar-refractivity contribution in [2.75, 3.05) is 31.1 Å². The molecule has 2 aromatic carbocycles. The molecule has 1 fully saturated rings. The Bertz CT molecular complexity index is 788. The van der Waals surface area contributed by atoms with Gasteiger partial charge in [0.15, 0.2) is 5.82 Å². The topological polar surface area (TPSA) is 33.1 Å². The highest BCUT2D eigenvalue weighted by atomic mass is 19.1. The molecule has 5 heteroatoms. The summed E-state index contributed by atoms with van der Waals surface area (Å²) in [5.74, 6) is 0.768. The molecule has 0 spiro atoms. The number of anilines is 1. The summed E-state index contributed by atoms with van der Waals surface area (Å²) in [6.07, 6.45) is 0. The van der Waals surface area contributed by atoms with E-state index in [1.54, 1.807) is 12.1 Å². The molecule has 1 N–H and O–H groups in total. The van der Waals surface area contributed by atoms with Crippen LogP contribution in [0.5, 0.6) is 0 Å². The largest absolute Gasteiger partial charge is 0.352 e. The molecule has 0 unspecified atom stereocenters. The molecule has 0 radical (unpaired) electrons. The van der Waals surface area contributed by atoms with Gasteiger partial charge in [-0.25, -0.2) is 9.07 Å². The SMILES string of the molecule is Fc1ccc(-n2nc(N3CCNCC3)c3ccccc32)cc1. The van der Waals surface area contributed by atoms with Crippen molar-refractivity contribution in [2.24, 2.45) is 0 Å². The van der Waals surface area contributed by atoms with Crippen LogP contribution in [0.3, 0.4) is 0 Å². The van der Waals surface area contributed by atoms with Crippen LogP contribution in [0.15, 0.2) is 48.5 Å². The molecule has 1 aliphatic heterocycles. The summed E-state index contributed by atoms with van der Waals surface area (Å²) in [6, 6.07) is 14.6. The minimum absolute atomic E-state index is 0.234. The van der Waals surface area contributed by atoms with Crippen LogP contribution in [-0.4, -0.2) is 36.0 Å². The van der Waals surface area contributed by atoms with Crippen molar-refractivity contribution < 1.29 is 4.39 Å². The number of hydrogen-bond donors (Lipinski definition) is 1. The van der Waals surface area contributed by atoms with E-state index in [1.165, 1.54) is 12.1 Å². The highest BCUT2D eigenvalue weighted by Crippen LogP contribution is 2.28.